The molecule has 20 heavy (non-hydrogen) atoms. The summed E-state index contributed by atoms with van der Waals surface area (Å²) in [6.45, 7) is 12.6. The van der Waals surface area contributed by atoms with E-state index in [1.54, 1.807) is 0 Å². The smallest absolute Gasteiger partial charge is 0.221 e. The molecule has 3 nitrogen and oxygen atoms in total. The SMILES string of the molecule is CC(=O)Nc1ccc(CNCC(C(C)C)C(C)C)cc1. The van der Waals surface area contributed by atoms with Crippen LogP contribution in [0.2, 0.25) is 0 Å². The zero-order valence-electron chi connectivity index (χ0n) is 13.4. The molecule has 0 radical (unpaired) electrons. The Hall–Kier alpha value is -1.35. The van der Waals surface area contributed by atoms with E-state index in [-0.39, 0.29) is 5.91 Å². The van der Waals surface area contributed by atoms with Gasteiger partial charge in [0.1, 0.15) is 0 Å². The Bertz CT molecular complexity index is 402. The van der Waals surface area contributed by atoms with Crippen molar-refractivity contribution in [3.63, 3.8) is 0 Å². The summed E-state index contributed by atoms with van der Waals surface area (Å²) in [7, 11) is 0. The van der Waals surface area contributed by atoms with Gasteiger partial charge in [0.25, 0.3) is 0 Å². The third-order valence-corrected chi connectivity index (χ3v) is 3.70. The molecule has 0 aliphatic rings. The van der Waals surface area contributed by atoms with Crippen LogP contribution in [0.15, 0.2) is 24.3 Å². The van der Waals surface area contributed by atoms with Crippen molar-refractivity contribution in [1.29, 1.82) is 0 Å². The van der Waals surface area contributed by atoms with Gasteiger partial charge in [-0.05, 0) is 42.0 Å². The topological polar surface area (TPSA) is 41.1 Å². The van der Waals surface area contributed by atoms with E-state index in [1.807, 2.05) is 12.1 Å². The van der Waals surface area contributed by atoms with Gasteiger partial charge in [0.05, 0.1) is 0 Å². The van der Waals surface area contributed by atoms with E-state index in [0.717, 1.165) is 18.8 Å². The molecule has 1 rings (SSSR count). The molecule has 0 bridgehead atoms. The van der Waals surface area contributed by atoms with E-state index in [4.69, 9.17) is 0 Å². The maximum atomic E-state index is 10.9. The fourth-order valence-corrected chi connectivity index (χ4v) is 2.53. The number of carbonyl (C=O) groups is 1. The van der Waals surface area contributed by atoms with Crippen molar-refractivity contribution in [3.05, 3.63) is 29.8 Å². The number of anilines is 1. The van der Waals surface area contributed by atoms with Crippen LogP contribution >= 0.6 is 0 Å². The van der Waals surface area contributed by atoms with Crippen LogP contribution in [0.3, 0.4) is 0 Å². The van der Waals surface area contributed by atoms with Crippen LogP contribution in [0.25, 0.3) is 0 Å². The molecule has 0 unspecified atom stereocenters. The van der Waals surface area contributed by atoms with Gasteiger partial charge in [-0.15, -0.1) is 0 Å². The predicted molar refractivity (Wildman–Crippen MR) is 85.6 cm³/mol. The van der Waals surface area contributed by atoms with E-state index in [1.165, 1.54) is 12.5 Å². The second kappa shape index (κ2) is 8.05. The number of hydrogen-bond donors (Lipinski definition) is 2. The predicted octanol–water partition coefficient (Wildman–Crippen LogP) is 3.66. The van der Waals surface area contributed by atoms with E-state index in [9.17, 15) is 4.79 Å². The lowest BCUT2D eigenvalue weighted by Crippen LogP contribution is -2.29. The van der Waals surface area contributed by atoms with Gasteiger partial charge in [-0.3, -0.25) is 4.79 Å². The van der Waals surface area contributed by atoms with E-state index >= 15 is 0 Å². The van der Waals surface area contributed by atoms with Gasteiger partial charge in [-0.1, -0.05) is 39.8 Å². The number of amides is 1. The first-order valence-electron chi connectivity index (χ1n) is 7.47. The minimum absolute atomic E-state index is 0.0346. The first kappa shape index (κ1) is 16.7. The van der Waals surface area contributed by atoms with Crippen molar-refractivity contribution in [2.45, 2.75) is 41.2 Å². The van der Waals surface area contributed by atoms with Crippen LogP contribution in [0.5, 0.6) is 0 Å². The summed E-state index contributed by atoms with van der Waals surface area (Å²) >= 11 is 0. The average Bonchev–Trinajstić information content (AvgIpc) is 2.35. The second-order valence-electron chi connectivity index (χ2n) is 6.16. The minimum Gasteiger partial charge on any atom is -0.326 e. The number of carbonyl (C=O) groups excluding carboxylic acids is 1. The van der Waals surface area contributed by atoms with Crippen molar-refractivity contribution >= 4 is 11.6 Å². The number of nitrogens with one attached hydrogen (secondary N) is 2. The van der Waals surface area contributed by atoms with E-state index in [0.29, 0.717) is 17.8 Å². The number of hydrogen-bond acceptors (Lipinski definition) is 2. The quantitative estimate of drug-likeness (QED) is 0.798. The van der Waals surface area contributed by atoms with Gasteiger partial charge < -0.3 is 10.6 Å². The molecule has 112 valence electrons. The molecule has 2 N–H and O–H groups in total. The molecule has 0 saturated carbocycles. The maximum absolute atomic E-state index is 10.9. The zero-order valence-corrected chi connectivity index (χ0v) is 13.4. The Morgan fingerprint density at radius 1 is 1.05 bits per heavy atom. The highest BCUT2D eigenvalue weighted by Crippen LogP contribution is 2.19. The molecule has 0 heterocycles. The highest BCUT2D eigenvalue weighted by molar-refractivity contribution is 5.88. The van der Waals surface area contributed by atoms with Crippen LogP contribution < -0.4 is 10.6 Å². The van der Waals surface area contributed by atoms with Gasteiger partial charge in [0.15, 0.2) is 0 Å². The first-order valence-corrected chi connectivity index (χ1v) is 7.47. The normalized spacial score (nSPS) is 11.4. The van der Waals surface area contributed by atoms with Gasteiger partial charge in [0, 0.05) is 19.2 Å². The summed E-state index contributed by atoms with van der Waals surface area (Å²) in [5.74, 6) is 2.07. The molecule has 1 aromatic carbocycles. The number of rotatable bonds is 7. The third kappa shape index (κ3) is 5.74. The van der Waals surface area contributed by atoms with Crippen molar-refractivity contribution in [1.82, 2.24) is 5.32 Å². The number of benzene rings is 1. The first-order chi connectivity index (χ1) is 9.40. The maximum Gasteiger partial charge on any atom is 0.221 e. The fourth-order valence-electron chi connectivity index (χ4n) is 2.53. The standard InChI is InChI=1S/C17H28N2O/c1-12(2)17(13(3)4)11-18-10-15-6-8-16(9-7-15)19-14(5)20/h6-9,12-13,17-18H,10-11H2,1-5H3,(H,19,20). The molecule has 3 heteroatoms. The summed E-state index contributed by atoms with van der Waals surface area (Å²) < 4.78 is 0. The molecule has 0 atom stereocenters. The molecular formula is C17H28N2O. The molecule has 0 aliphatic carbocycles. The Balaban J connectivity index is 2.43. The molecule has 0 spiro atoms. The summed E-state index contributed by atoms with van der Waals surface area (Å²) in [6, 6.07) is 8.00. The highest BCUT2D eigenvalue weighted by atomic mass is 16.1. The second-order valence-corrected chi connectivity index (χ2v) is 6.16. The Kier molecular flexibility index (Phi) is 6.73. The van der Waals surface area contributed by atoms with Gasteiger partial charge >= 0.3 is 0 Å². The third-order valence-electron chi connectivity index (χ3n) is 3.70. The van der Waals surface area contributed by atoms with E-state index < -0.39 is 0 Å². The lowest BCUT2D eigenvalue weighted by Gasteiger charge is -2.25. The van der Waals surface area contributed by atoms with Crippen LogP contribution in [0.4, 0.5) is 5.69 Å². The summed E-state index contributed by atoms with van der Waals surface area (Å²) in [5, 5.41) is 6.31. The van der Waals surface area contributed by atoms with Gasteiger partial charge in [0.2, 0.25) is 5.91 Å². The Morgan fingerprint density at radius 2 is 1.60 bits per heavy atom. The molecule has 0 fully saturated rings. The average molecular weight is 276 g/mol. The lowest BCUT2D eigenvalue weighted by atomic mass is 9.85. The van der Waals surface area contributed by atoms with Crippen LogP contribution in [0.1, 0.15) is 40.2 Å². The van der Waals surface area contributed by atoms with Gasteiger partial charge in [-0.25, -0.2) is 0 Å². The van der Waals surface area contributed by atoms with Crippen LogP contribution in [-0.4, -0.2) is 12.5 Å². The molecule has 0 aliphatic heterocycles. The molecule has 1 amide bonds. The largest absolute Gasteiger partial charge is 0.326 e. The fraction of sp³-hybridized carbons (Fsp3) is 0.588. The summed E-state index contributed by atoms with van der Waals surface area (Å²) in [6.07, 6.45) is 0. The molecule has 1 aromatic rings. The van der Waals surface area contributed by atoms with Crippen molar-refractivity contribution in [2.75, 3.05) is 11.9 Å². The van der Waals surface area contributed by atoms with Gasteiger partial charge in [-0.2, -0.15) is 0 Å². The molecule has 0 saturated heterocycles. The van der Waals surface area contributed by atoms with Crippen LogP contribution in [0, 0.1) is 17.8 Å². The van der Waals surface area contributed by atoms with Crippen LogP contribution in [-0.2, 0) is 11.3 Å². The Morgan fingerprint density at radius 3 is 2.05 bits per heavy atom. The van der Waals surface area contributed by atoms with Crippen molar-refractivity contribution in [3.8, 4) is 0 Å². The molecular weight excluding hydrogens is 248 g/mol. The van der Waals surface area contributed by atoms with E-state index in [2.05, 4.69) is 50.5 Å². The monoisotopic (exact) mass is 276 g/mol. The highest BCUT2D eigenvalue weighted by Gasteiger charge is 2.16. The van der Waals surface area contributed by atoms with Crippen molar-refractivity contribution < 1.29 is 4.79 Å². The minimum atomic E-state index is -0.0346. The summed E-state index contributed by atoms with van der Waals surface area (Å²) in [4.78, 5) is 10.9. The van der Waals surface area contributed by atoms with Crippen molar-refractivity contribution in [2.24, 2.45) is 17.8 Å². The zero-order chi connectivity index (χ0) is 15.1. The summed E-state index contributed by atoms with van der Waals surface area (Å²) in [5.41, 5.74) is 2.09. The lowest BCUT2D eigenvalue weighted by molar-refractivity contribution is -0.114. The molecule has 0 aromatic heterocycles. The Labute approximate surface area is 123 Å².